The summed E-state index contributed by atoms with van der Waals surface area (Å²) in [5.41, 5.74) is 4.89. The summed E-state index contributed by atoms with van der Waals surface area (Å²) >= 11 is 0. The van der Waals surface area contributed by atoms with Gasteiger partial charge in [-0.25, -0.2) is 0 Å². The molecule has 0 aliphatic heterocycles. The van der Waals surface area contributed by atoms with Gasteiger partial charge in [0, 0.05) is 36.3 Å². The largest absolute Gasteiger partial charge is 0.490 e. The van der Waals surface area contributed by atoms with Crippen LogP contribution in [0.25, 0.3) is 10.9 Å². The third kappa shape index (κ3) is 4.38. The molecule has 5 heteroatoms. The van der Waals surface area contributed by atoms with Crippen LogP contribution in [0, 0.1) is 0 Å². The summed E-state index contributed by atoms with van der Waals surface area (Å²) < 4.78 is 11.1. The van der Waals surface area contributed by atoms with Crippen LogP contribution in [-0.2, 0) is 24.2 Å². The van der Waals surface area contributed by atoms with Gasteiger partial charge in [0.2, 0.25) is 0 Å². The number of fused-ring (bicyclic) bond motifs is 2. The number of methoxy groups -OCH3 is 1. The van der Waals surface area contributed by atoms with Gasteiger partial charge in [0.05, 0.1) is 6.61 Å². The molecule has 5 nitrogen and oxygen atoms in total. The number of aryl methyl sites for hydroxylation is 1. The number of H-pyrrole nitrogens is 1. The zero-order valence-corrected chi connectivity index (χ0v) is 16.3. The van der Waals surface area contributed by atoms with Gasteiger partial charge in [-0.3, -0.25) is 0 Å². The lowest BCUT2D eigenvalue weighted by atomic mass is 9.88. The van der Waals surface area contributed by atoms with Crippen LogP contribution in [0.1, 0.15) is 23.2 Å². The molecule has 1 aliphatic rings. The fourth-order valence-corrected chi connectivity index (χ4v) is 3.96. The van der Waals surface area contributed by atoms with Crippen LogP contribution in [0.2, 0.25) is 0 Å². The van der Waals surface area contributed by atoms with Crippen molar-refractivity contribution in [1.82, 2.24) is 10.3 Å². The van der Waals surface area contributed by atoms with E-state index in [1.165, 1.54) is 11.1 Å². The zero-order chi connectivity index (χ0) is 19.3. The summed E-state index contributed by atoms with van der Waals surface area (Å²) in [6.07, 6.45) is 2.68. The van der Waals surface area contributed by atoms with Crippen molar-refractivity contribution in [3.8, 4) is 5.75 Å². The molecule has 148 valence electrons. The minimum absolute atomic E-state index is 0.264. The van der Waals surface area contributed by atoms with E-state index in [2.05, 4.69) is 34.6 Å². The Morgan fingerprint density at radius 1 is 1.18 bits per heavy atom. The number of aromatic amines is 1. The van der Waals surface area contributed by atoms with Crippen LogP contribution >= 0.6 is 0 Å². The van der Waals surface area contributed by atoms with E-state index < -0.39 is 6.10 Å². The molecule has 0 amide bonds. The minimum Gasteiger partial charge on any atom is -0.490 e. The molecule has 28 heavy (non-hydrogen) atoms. The minimum atomic E-state index is -0.551. The molecule has 0 saturated carbocycles. The van der Waals surface area contributed by atoms with Crippen LogP contribution in [0.3, 0.4) is 0 Å². The van der Waals surface area contributed by atoms with Crippen molar-refractivity contribution < 1.29 is 14.6 Å². The molecule has 2 aromatic carbocycles. The number of ether oxygens (including phenoxy) is 2. The molecule has 3 aromatic rings. The summed E-state index contributed by atoms with van der Waals surface area (Å²) in [6, 6.07) is 17.0. The Morgan fingerprint density at radius 3 is 2.89 bits per heavy atom. The molecule has 1 aliphatic carbocycles. The smallest absolute Gasteiger partial charge is 0.128 e. The maximum absolute atomic E-state index is 10.4. The van der Waals surface area contributed by atoms with Gasteiger partial charge in [-0.15, -0.1) is 0 Å². The lowest BCUT2D eigenvalue weighted by Gasteiger charge is -2.26. The number of aliphatic hydroxyl groups excluding tert-OH is 1. The molecular weight excluding hydrogens is 352 g/mol. The molecule has 1 heterocycles. The predicted molar refractivity (Wildman–Crippen MR) is 111 cm³/mol. The standard InChI is InChI=1S/C23H28N2O3/c1-27-14-19-12-21-22(25-19)7-4-8-23(21)28-15-20(26)13-24-18-10-9-16-5-2-3-6-17(16)11-18/h2-8,12,18,20,24-26H,9-11,13-15H2,1H3. The Morgan fingerprint density at radius 2 is 2.04 bits per heavy atom. The molecule has 0 fully saturated rings. The number of hydrogen-bond acceptors (Lipinski definition) is 4. The Balaban J connectivity index is 1.29. The molecule has 3 N–H and O–H groups in total. The van der Waals surface area contributed by atoms with E-state index in [1.54, 1.807) is 7.11 Å². The van der Waals surface area contributed by atoms with E-state index in [0.717, 1.165) is 41.6 Å². The summed E-state index contributed by atoms with van der Waals surface area (Å²) in [5, 5.41) is 14.9. The van der Waals surface area contributed by atoms with Gasteiger partial charge in [-0.1, -0.05) is 30.3 Å². The van der Waals surface area contributed by atoms with Gasteiger partial charge in [0.1, 0.15) is 18.5 Å². The number of aromatic nitrogens is 1. The van der Waals surface area contributed by atoms with Gasteiger partial charge in [0.15, 0.2) is 0 Å². The highest BCUT2D eigenvalue weighted by atomic mass is 16.5. The first-order chi connectivity index (χ1) is 13.7. The van der Waals surface area contributed by atoms with E-state index in [4.69, 9.17) is 9.47 Å². The fraction of sp³-hybridized carbons (Fsp3) is 0.391. The maximum atomic E-state index is 10.4. The highest BCUT2D eigenvalue weighted by molar-refractivity contribution is 5.86. The SMILES string of the molecule is COCc1cc2c(OCC(O)CNC3CCc4ccccc4C3)cccc2[nH]1. The highest BCUT2D eigenvalue weighted by Crippen LogP contribution is 2.27. The molecule has 0 radical (unpaired) electrons. The first kappa shape index (κ1) is 19.0. The van der Waals surface area contributed by atoms with E-state index >= 15 is 0 Å². The molecule has 0 spiro atoms. The topological polar surface area (TPSA) is 66.5 Å². The first-order valence-electron chi connectivity index (χ1n) is 9.93. The van der Waals surface area contributed by atoms with Crippen molar-refractivity contribution in [2.75, 3.05) is 20.3 Å². The number of aliphatic hydroxyl groups is 1. The normalized spacial score (nSPS) is 17.4. The molecule has 2 atom stereocenters. The van der Waals surface area contributed by atoms with Crippen molar-refractivity contribution in [2.45, 2.75) is 38.0 Å². The van der Waals surface area contributed by atoms with E-state index in [1.807, 2.05) is 24.3 Å². The van der Waals surface area contributed by atoms with Crippen LogP contribution in [0.5, 0.6) is 5.75 Å². The lowest BCUT2D eigenvalue weighted by molar-refractivity contribution is 0.104. The van der Waals surface area contributed by atoms with E-state index in [9.17, 15) is 5.11 Å². The van der Waals surface area contributed by atoms with Crippen LogP contribution in [0.4, 0.5) is 0 Å². The summed E-state index contributed by atoms with van der Waals surface area (Å²) in [6.45, 7) is 1.33. The number of hydrogen-bond donors (Lipinski definition) is 3. The zero-order valence-electron chi connectivity index (χ0n) is 16.3. The molecule has 2 unspecified atom stereocenters. The maximum Gasteiger partial charge on any atom is 0.128 e. The summed E-state index contributed by atoms with van der Waals surface area (Å²) in [4.78, 5) is 3.32. The average Bonchev–Trinajstić information content (AvgIpc) is 3.14. The van der Waals surface area contributed by atoms with Crippen LogP contribution in [-0.4, -0.2) is 42.5 Å². The van der Waals surface area contributed by atoms with Gasteiger partial charge < -0.3 is 24.9 Å². The third-order valence-corrected chi connectivity index (χ3v) is 5.40. The number of nitrogens with one attached hydrogen (secondary N) is 2. The van der Waals surface area contributed by atoms with Crippen molar-refractivity contribution in [2.24, 2.45) is 0 Å². The molecule has 0 saturated heterocycles. The fourth-order valence-electron chi connectivity index (χ4n) is 3.96. The van der Waals surface area contributed by atoms with Gasteiger partial charge in [-0.05, 0) is 48.6 Å². The van der Waals surface area contributed by atoms with Crippen molar-refractivity contribution in [3.63, 3.8) is 0 Å². The van der Waals surface area contributed by atoms with Gasteiger partial charge in [-0.2, -0.15) is 0 Å². The Kier molecular flexibility index (Phi) is 5.95. The molecule has 4 rings (SSSR count). The second kappa shape index (κ2) is 8.78. The van der Waals surface area contributed by atoms with Crippen LogP contribution in [0.15, 0.2) is 48.5 Å². The number of rotatable bonds is 8. The van der Waals surface area contributed by atoms with E-state index in [0.29, 0.717) is 19.2 Å². The number of benzene rings is 2. The summed E-state index contributed by atoms with van der Waals surface area (Å²) in [5.74, 6) is 0.779. The lowest BCUT2D eigenvalue weighted by Crippen LogP contribution is -2.40. The van der Waals surface area contributed by atoms with Crippen molar-refractivity contribution >= 4 is 10.9 Å². The van der Waals surface area contributed by atoms with Gasteiger partial charge >= 0.3 is 0 Å². The van der Waals surface area contributed by atoms with Crippen molar-refractivity contribution in [3.05, 3.63) is 65.4 Å². The monoisotopic (exact) mass is 380 g/mol. The first-order valence-corrected chi connectivity index (χ1v) is 9.93. The second-order valence-electron chi connectivity index (χ2n) is 7.53. The third-order valence-electron chi connectivity index (χ3n) is 5.40. The summed E-state index contributed by atoms with van der Waals surface area (Å²) in [7, 11) is 1.68. The Labute approximate surface area is 165 Å². The molecule has 0 bridgehead atoms. The molecule has 1 aromatic heterocycles. The average molecular weight is 380 g/mol. The van der Waals surface area contributed by atoms with Gasteiger partial charge in [0.25, 0.3) is 0 Å². The van der Waals surface area contributed by atoms with Crippen LogP contribution < -0.4 is 10.1 Å². The predicted octanol–water partition coefficient (Wildman–Crippen LogP) is 3.20. The van der Waals surface area contributed by atoms with Crippen molar-refractivity contribution in [1.29, 1.82) is 0 Å². The molecular formula is C23H28N2O3. The quantitative estimate of drug-likeness (QED) is 0.561. The highest BCUT2D eigenvalue weighted by Gasteiger charge is 2.19. The second-order valence-corrected chi connectivity index (χ2v) is 7.53. The Hall–Kier alpha value is -2.34. The Bertz CT molecular complexity index is 921. The van der Waals surface area contributed by atoms with E-state index in [-0.39, 0.29) is 6.61 Å².